The van der Waals surface area contributed by atoms with Crippen LogP contribution in [0.3, 0.4) is 0 Å². The summed E-state index contributed by atoms with van der Waals surface area (Å²) in [6.07, 6.45) is 1.72. The number of imidazole rings is 1. The van der Waals surface area contributed by atoms with Crippen LogP contribution in [0, 0.1) is 6.92 Å². The van der Waals surface area contributed by atoms with E-state index in [-0.39, 0.29) is 17.4 Å². The van der Waals surface area contributed by atoms with Gasteiger partial charge in [0.25, 0.3) is 11.8 Å². The van der Waals surface area contributed by atoms with Crippen molar-refractivity contribution in [2.75, 3.05) is 38.0 Å². The second kappa shape index (κ2) is 7.43. The Morgan fingerprint density at radius 1 is 1.21 bits per heavy atom. The molecule has 3 aromatic rings. The number of likely N-dealkylation sites (N-methyl/N-ethyl adjacent to an activating group) is 1. The summed E-state index contributed by atoms with van der Waals surface area (Å²) < 4.78 is 6.60. The molecule has 0 saturated carbocycles. The van der Waals surface area contributed by atoms with E-state index in [9.17, 15) is 9.59 Å². The zero-order valence-electron chi connectivity index (χ0n) is 15.9. The molecule has 1 aliphatic heterocycles. The highest BCUT2D eigenvalue weighted by Gasteiger charge is 2.27. The lowest BCUT2D eigenvalue weighted by molar-refractivity contribution is 0.0640. The Morgan fingerprint density at radius 3 is 2.68 bits per heavy atom. The number of aryl methyl sites for hydroxylation is 1. The molecule has 1 N–H and O–H groups in total. The number of amides is 2. The van der Waals surface area contributed by atoms with Crippen molar-refractivity contribution >= 4 is 23.1 Å². The third-order valence-corrected chi connectivity index (χ3v) is 4.93. The summed E-state index contributed by atoms with van der Waals surface area (Å²) >= 11 is 0. The number of carbonyl (C=O) groups excluding carboxylic acids is 2. The minimum atomic E-state index is -0.454. The van der Waals surface area contributed by atoms with Gasteiger partial charge in [-0.1, -0.05) is 18.1 Å². The zero-order valence-corrected chi connectivity index (χ0v) is 15.9. The number of hydrogen-bond acceptors (Lipinski definition) is 6. The van der Waals surface area contributed by atoms with E-state index >= 15 is 0 Å². The molecule has 4 rings (SSSR count). The summed E-state index contributed by atoms with van der Waals surface area (Å²) in [5, 5.41) is 6.43. The number of hydrogen-bond donors (Lipinski definition) is 1. The van der Waals surface area contributed by atoms with Crippen molar-refractivity contribution in [2.24, 2.45) is 0 Å². The molecule has 0 bridgehead atoms. The third-order valence-electron chi connectivity index (χ3n) is 4.93. The van der Waals surface area contributed by atoms with Gasteiger partial charge < -0.3 is 19.6 Å². The molecule has 28 heavy (non-hydrogen) atoms. The number of pyridine rings is 1. The monoisotopic (exact) mass is 382 g/mol. The SMILES string of the molecule is CCN1CCN(C(=O)c2nc(C(=O)Nc3cc(C)on3)n3ccccc23)CC1. The van der Waals surface area contributed by atoms with E-state index in [1.807, 2.05) is 6.07 Å². The first-order chi connectivity index (χ1) is 13.6. The Kier molecular flexibility index (Phi) is 4.82. The summed E-state index contributed by atoms with van der Waals surface area (Å²) in [5.41, 5.74) is 0.888. The first-order valence-corrected chi connectivity index (χ1v) is 9.30. The smallest absolute Gasteiger partial charge is 0.293 e. The first-order valence-electron chi connectivity index (χ1n) is 9.30. The lowest BCUT2D eigenvalue weighted by atomic mass is 10.2. The van der Waals surface area contributed by atoms with Crippen LogP contribution in [0.25, 0.3) is 5.52 Å². The van der Waals surface area contributed by atoms with Gasteiger partial charge in [-0.15, -0.1) is 0 Å². The van der Waals surface area contributed by atoms with E-state index in [1.54, 1.807) is 40.6 Å². The van der Waals surface area contributed by atoms with Crippen LogP contribution < -0.4 is 5.32 Å². The van der Waals surface area contributed by atoms with Crippen molar-refractivity contribution in [1.82, 2.24) is 24.3 Å². The van der Waals surface area contributed by atoms with Crippen LogP contribution in [0.4, 0.5) is 5.82 Å². The van der Waals surface area contributed by atoms with Crippen LogP contribution in [0.15, 0.2) is 35.0 Å². The molecule has 0 aromatic carbocycles. The molecule has 0 atom stereocenters. The van der Waals surface area contributed by atoms with Crippen molar-refractivity contribution in [1.29, 1.82) is 0 Å². The fourth-order valence-corrected chi connectivity index (χ4v) is 3.37. The average Bonchev–Trinajstić information content (AvgIpc) is 3.31. The number of anilines is 1. The van der Waals surface area contributed by atoms with Gasteiger partial charge in [0.05, 0.1) is 5.52 Å². The van der Waals surface area contributed by atoms with Gasteiger partial charge >= 0.3 is 0 Å². The quantitative estimate of drug-likeness (QED) is 0.737. The average molecular weight is 382 g/mol. The third kappa shape index (κ3) is 3.36. The summed E-state index contributed by atoms with van der Waals surface area (Å²) in [6, 6.07) is 7.03. The van der Waals surface area contributed by atoms with Gasteiger partial charge in [0, 0.05) is 38.4 Å². The van der Waals surface area contributed by atoms with E-state index in [0.29, 0.717) is 30.2 Å². The van der Waals surface area contributed by atoms with Gasteiger partial charge in [0.2, 0.25) is 5.82 Å². The Balaban J connectivity index is 1.63. The second-order valence-corrected chi connectivity index (χ2v) is 6.74. The van der Waals surface area contributed by atoms with Gasteiger partial charge in [-0.3, -0.25) is 14.0 Å². The standard InChI is InChI=1S/C19H22N6O3/c1-3-23-8-10-24(11-9-23)19(27)16-14-6-4-5-7-25(14)17(21-16)18(26)20-15-12-13(2)28-22-15/h4-7,12H,3,8-11H2,1-2H3,(H,20,22,26). The van der Waals surface area contributed by atoms with Crippen LogP contribution in [0.1, 0.15) is 33.8 Å². The molecule has 1 aliphatic rings. The molecule has 0 radical (unpaired) electrons. The summed E-state index contributed by atoms with van der Waals surface area (Å²) in [7, 11) is 0. The Bertz CT molecular complexity index is 1020. The molecule has 1 saturated heterocycles. The molecule has 1 fully saturated rings. The number of fused-ring (bicyclic) bond motifs is 1. The topological polar surface area (TPSA) is 96.0 Å². The Hall–Kier alpha value is -3.20. The normalized spacial score (nSPS) is 15.1. The maximum Gasteiger partial charge on any atom is 0.293 e. The maximum absolute atomic E-state index is 13.1. The number of carbonyl (C=O) groups is 2. The molecule has 146 valence electrons. The molecule has 3 aromatic heterocycles. The lowest BCUT2D eigenvalue weighted by Crippen LogP contribution is -2.48. The van der Waals surface area contributed by atoms with E-state index in [0.717, 1.165) is 19.6 Å². The lowest BCUT2D eigenvalue weighted by Gasteiger charge is -2.33. The van der Waals surface area contributed by atoms with Gasteiger partial charge in [-0.2, -0.15) is 0 Å². The van der Waals surface area contributed by atoms with Crippen molar-refractivity contribution in [3.05, 3.63) is 47.7 Å². The highest BCUT2D eigenvalue weighted by molar-refractivity contribution is 6.05. The van der Waals surface area contributed by atoms with Gasteiger partial charge in [-0.25, -0.2) is 4.98 Å². The van der Waals surface area contributed by atoms with Gasteiger partial charge in [-0.05, 0) is 25.6 Å². The molecule has 0 spiro atoms. The molecule has 0 unspecified atom stereocenters. The first kappa shape index (κ1) is 18.2. The van der Waals surface area contributed by atoms with Crippen LogP contribution in [0.5, 0.6) is 0 Å². The minimum Gasteiger partial charge on any atom is -0.360 e. The van der Waals surface area contributed by atoms with E-state index in [1.165, 1.54) is 0 Å². The van der Waals surface area contributed by atoms with Crippen LogP contribution in [-0.4, -0.2) is 68.9 Å². The van der Waals surface area contributed by atoms with Gasteiger partial charge in [0.1, 0.15) is 5.76 Å². The molecule has 0 aliphatic carbocycles. The second-order valence-electron chi connectivity index (χ2n) is 6.74. The predicted molar refractivity (Wildman–Crippen MR) is 102 cm³/mol. The van der Waals surface area contributed by atoms with Crippen LogP contribution in [0.2, 0.25) is 0 Å². The fraction of sp³-hybridized carbons (Fsp3) is 0.368. The van der Waals surface area contributed by atoms with Crippen molar-refractivity contribution in [3.63, 3.8) is 0 Å². The number of aromatic nitrogens is 3. The summed E-state index contributed by atoms with van der Waals surface area (Å²) in [6.45, 7) is 7.81. The molecular formula is C19H22N6O3. The van der Waals surface area contributed by atoms with Crippen molar-refractivity contribution < 1.29 is 14.1 Å². The number of rotatable bonds is 4. The predicted octanol–water partition coefficient (Wildman–Crippen LogP) is 1.66. The minimum absolute atomic E-state index is 0.131. The Morgan fingerprint density at radius 2 is 2.00 bits per heavy atom. The zero-order chi connectivity index (χ0) is 19.7. The molecule has 9 nitrogen and oxygen atoms in total. The van der Waals surface area contributed by atoms with E-state index < -0.39 is 5.91 Å². The van der Waals surface area contributed by atoms with E-state index in [4.69, 9.17) is 4.52 Å². The van der Waals surface area contributed by atoms with Crippen LogP contribution >= 0.6 is 0 Å². The molecule has 9 heteroatoms. The number of piperazine rings is 1. The highest BCUT2D eigenvalue weighted by atomic mass is 16.5. The fourth-order valence-electron chi connectivity index (χ4n) is 3.37. The Labute approximate surface area is 161 Å². The maximum atomic E-state index is 13.1. The number of nitrogens with one attached hydrogen (secondary N) is 1. The summed E-state index contributed by atoms with van der Waals surface area (Å²) in [4.78, 5) is 34.3. The molecule has 4 heterocycles. The van der Waals surface area contributed by atoms with Gasteiger partial charge in [0.15, 0.2) is 11.5 Å². The molecule has 2 amide bonds. The highest BCUT2D eigenvalue weighted by Crippen LogP contribution is 2.18. The van der Waals surface area contributed by atoms with E-state index in [2.05, 4.69) is 27.3 Å². The largest absolute Gasteiger partial charge is 0.360 e. The van der Waals surface area contributed by atoms with Crippen LogP contribution in [-0.2, 0) is 0 Å². The summed E-state index contributed by atoms with van der Waals surface area (Å²) in [5.74, 6) is 0.413. The number of nitrogens with zero attached hydrogens (tertiary/aromatic N) is 5. The van der Waals surface area contributed by atoms with Crippen molar-refractivity contribution in [2.45, 2.75) is 13.8 Å². The molecular weight excluding hydrogens is 360 g/mol. The van der Waals surface area contributed by atoms with Crippen molar-refractivity contribution in [3.8, 4) is 0 Å².